The molecular weight excluding hydrogens is 549 g/mol. The third-order valence-electron chi connectivity index (χ3n) is 7.90. The van der Waals surface area contributed by atoms with E-state index in [0.29, 0.717) is 11.1 Å². The minimum atomic E-state index is 0.648. The lowest BCUT2D eigenvalue weighted by Crippen LogP contribution is -1.87. The van der Waals surface area contributed by atoms with Crippen LogP contribution in [-0.4, -0.2) is 0 Å². The summed E-state index contributed by atoms with van der Waals surface area (Å²) in [4.78, 5) is 0. The Kier molecular flexibility index (Phi) is 5.66. The second kappa shape index (κ2) is 9.68. The average molecular weight is 569 g/mol. The van der Waals surface area contributed by atoms with Crippen molar-refractivity contribution in [2.75, 3.05) is 0 Å². The van der Waals surface area contributed by atoms with Gasteiger partial charge in [0.1, 0.15) is 0 Å². The van der Waals surface area contributed by atoms with Crippen molar-refractivity contribution in [1.29, 1.82) is 10.5 Å². The van der Waals surface area contributed by atoms with Crippen molar-refractivity contribution in [2.45, 2.75) is 0 Å². The largest absolute Gasteiger partial charge is 0.192 e. The van der Waals surface area contributed by atoms with E-state index >= 15 is 0 Å². The van der Waals surface area contributed by atoms with Gasteiger partial charge in [-0.3, -0.25) is 0 Å². The van der Waals surface area contributed by atoms with Crippen LogP contribution in [0.25, 0.3) is 73.7 Å². The molecule has 0 fully saturated rings. The molecule has 8 rings (SSSR count). The maximum Gasteiger partial charge on any atom is 0.0991 e. The quantitative estimate of drug-likeness (QED) is 0.213. The fourth-order valence-electron chi connectivity index (χ4n) is 5.83. The second-order valence-corrected chi connectivity index (χ2v) is 12.6. The molecule has 0 aliphatic carbocycles. The van der Waals surface area contributed by atoms with Gasteiger partial charge in [-0.05, 0) is 100 Å². The van der Waals surface area contributed by atoms with Crippen molar-refractivity contribution in [3.05, 3.63) is 132 Å². The molecule has 0 atom stereocenters. The monoisotopic (exact) mass is 568 g/mol. The lowest BCUT2D eigenvalue weighted by molar-refractivity contribution is 1.48. The van der Waals surface area contributed by atoms with Crippen LogP contribution < -0.4 is 0 Å². The molecule has 0 saturated heterocycles. The molecule has 42 heavy (non-hydrogen) atoms. The van der Waals surface area contributed by atoms with E-state index in [4.69, 9.17) is 0 Å². The Labute approximate surface area is 250 Å². The summed E-state index contributed by atoms with van der Waals surface area (Å²) < 4.78 is 4.95. The third-order valence-corrected chi connectivity index (χ3v) is 10.2. The lowest BCUT2D eigenvalue weighted by atomic mass is 9.92. The normalized spacial score (nSPS) is 11.3. The molecule has 0 bridgehead atoms. The van der Waals surface area contributed by atoms with E-state index in [0.717, 1.165) is 33.2 Å². The van der Waals surface area contributed by atoms with E-state index in [1.807, 2.05) is 47.7 Å². The first-order valence-corrected chi connectivity index (χ1v) is 15.2. The van der Waals surface area contributed by atoms with Gasteiger partial charge in [-0.1, -0.05) is 54.6 Å². The number of fused-ring (bicyclic) bond motifs is 6. The summed E-state index contributed by atoms with van der Waals surface area (Å²) in [6.07, 6.45) is 0. The van der Waals surface area contributed by atoms with E-state index in [2.05, 4.69) is 97.1 Å². The molecular formula is C38H20N2S2. The van der Waals surface area contributed by atoms with Crippen molar-refractivity contribution >= 4 is 63.0 Å². The molecule has 8 aromatic rings. The summed E-state index contributed by atoms with van der Waals surface area (Å²) in [7, 11) is 0. The van der Waals surface area contributed by atoms with Crippen LogP contribution in [0, 0.1) is 22.7 Å². The summed E-state index contributed by atoms with van der Waals surface area (Å²) in [5.74, 6) is 0. The molecule has 0 unspecified atom stereocenters. The summed E-state index contributed by atoms with van der Waals surface area (Å²) >= 11 is 3.58. The summed E-state index contributed by atoms with van der Waals surface area (Å²) in [6, 6.07) is 47.0. The van der Waals surface area contributed by atoms with Gasteiger partial charge in [0.25, 0.3) is 0 Å². The molecule has 0 spiro atoms. The first kappa shape index (κ1) is 24.5. The molecule has 0 aliphatic heterocycles. The minimum absolute atomic E-state index is 0.648. The molecule has 2 nitrogen and oxygen atoms in total. The number of nitriles is 2. The molecule has 2 aromatic heterocycles. The SMILES string of the molecule is N#Cc1cccc(-c2cc(-c3ccc4c(c3)sc3ccccc34)cc(-c3ccc4c(c3)sc3ccc(C#N)cc34)c2)c1. The van der Waals surface area contributed by atoms with Crippen LogP contribution >= 0.6 is 22.7 Å². The molecule has 0 radical (unpaired) electrons. The third kappa shape index (κ3) is 4.06. The van der Waals surface area contributed by atoms with Gasteiger partial charge >= 0.3 is 0 Å². The standard InChI is InChI=1S/C38H20N2S2/c39-21-23-4-3-5-25(14-23)28-16-29(26-9-11-32-31-6-1-2-7-35(31)41-37(32)19-26)18-30(17-28)27-10-12-33-34-15-24(22-40)8-13-36(34)42-38(33)20-27/h1-20H. The summed E-state index contributed by atoms with van der Waals surface area (Å²) in [5, 5.41) is 23.8. The molecule has 0 amide bonds. The van der Waals surface area contributed by atoms with Crippen LogP contribution in [0.4, 0.5) is 0 Å². The number of hydrogen-bond acceptors (Lipinski definition) is 4. The van der Waals surface area contributed by atoms with E-state index in [9.17, 15) is 10.5 Å². The van der Waals surface area contributed by atoms with Crippen LogP contribution in [0.1, 0.15) is 11.1 Å². The molecule has 6 aromatic carbocycles. The Morgan fingerprint density at radius 2 is 0.905 bits per heavy atom. The molecule has 4 heteroatoms. The number of nitrogens with zero attached hydrogens (tertiary/aromatic N) is 2. The molecule has 194 valence electrons. The number of rotatable bonds is 3. The maximum absolute atomic E-state index is 9.56. The van der Waals surface area contributed by atoms with Crippen molar-refractivity contribution in [1.82, 2.24) is 0 Å². The average Bonchev–Trinajstić information content (AvgIpc) is 3.61. The zero-order valence-corrected chi connectivity index (χ0v) is 23.9. The fraction of sp³-hybridized carbons (Fsp3) is 0. The van der Waals surface area contributed by atoms with Crippen LogP contribution in [0.3, 0.4) is 0 Å². The zero-order valence-electron chi connectivity index (χ0n) is 22.3. The van der Waals surface area contributed by atoms with Crippen LogP contribution in [-0.2, 0) is 0 Å². The number of hydrogen-bond donors (Lipinski definition) is 0. The molecule has 0 saturated carbocycles. The van der Waals surface area contributed by atoms with Crippen LogP contribution in [0.5, 0.6) is 0 Å². The highest BCUT2D eigenvalue weighted by atomic mass is 32.1. The Morgan fingerprint density at radius 3 is 1.57 bits per heavy atom. The second-order valence-electron chi connectivity index (χ2n) is 10.4. The number of benzene rings is 6. The van der Waals surface area contributed by atoms with Gasteiger partial charge in [0.2, 0.25) is 0 Å². The Bertz CT molecular complexity index is 2450. The van der Waals surface area contributed by atoms with Gasteiger partial charge in [-0.2, -0.15) is 10.5 Å². The first-order valence-electron chi connectivity index (χ1n) is 13.6. The van der Waals surface area contributed by atoms with Crippen molar-refractivity contribution in [3.8, 4) is 45.5 Å². The Hall–Kier alpha value is -5.26. The van der Waals surface area contributed by atoms with Gasteiger partial charge in [-0.15, -0.1) is 22.7 Å². The van der Waals surface area contributed by atoms with Gasteiger partial charge in [0, 0.05) is 40.3 Å². The van der Waals surface area contributed by atoms with Gasteiger partial charge in [0.05, 0.1) is 23.3 Å². The predicted molar refractivity (Wildman–Crippen MR) is 178 cm³/mol. The summed E-state index contributed by atoms with van der Waals surface area (Å²) in [5.41, 5.74) is 7.99. The fourth-order valence-corrected chi connectivity index (χ4v) is 8.10. The summed E-state index contributed by atoms with van der Waals surface area (Å²) in [6.45, 7) is 0. The zero-order chi connectivity index (χ0) is 28.2. The molecule has 0 N–H and O–H groups in total. The van der Waals surface area contributed by atoms with E-state index < -0.39 is 0 Å². The van der Waals surface area contributed by atoms with Crippen molar-refractivity contribution in [2.24, 2.45) is 0 Å². The minimum Gasteiger partial charge on any atom is -0.192 e. The maximum atomic E-state index is 9.56. The molecule has 2 heterocycles. The van der Waals surface area contributed by atoms with Crippen LogP contribution in [0.15, 0.2) is 121 Å². The highest BCUT2D eigenvalue weighted by Crippen LogP contribution is 2.41. The van der Waals surface area contributed by atoms with Gasteiger partial charge in [-0.25, -0.2) is 0 Å². The highest BCUT2D eigenvalue weighted by Gasteiger charge is 2.13. The van der Waals surface area contributed by atoms with E-state index in [1.165, 1.54) is 40.5 Å². The van der Waals surface area contributed by atoms with Crippen molar-refractivity contribution in [3.63, 3.8) is 0 Å². The van der Waals surface area contributed by atoms with Gasteiger partial charge in [0.15, 0.2) is 0 Å². The number of thiophene rings is 2. The Morgan fingerprint density at radius 1 is 0.357 bits per heavy atom. The lowest BCUT2D eigenvalue weighted by Gasteiger charge is -2.12. The van der Waals surface area contributed by atoms with E-state index in [1.54, 1.807) is 11.3 Å². The van der Waals surface area contributed by atoms with Crippen molar-refractivity contribution < 1.29 is 0 Å². The Balaban J connectivity index is 1.32. The van der Waals surface area contributed by atoms with Gasteiger partial charge < -0.3 is 0 Å². The predicted octanol–water partition coefficient (Wildman–Crippen LogP) is 11.2. The first-order chi connectivity index (χ1) is 20.7. The topological polar surface area (TPSA) is 47.6 Å². The van der Waals surface area contributed by atoms with E-state index in [-0.39, 0.29) is 0 Å². The molecule has 0 aliphatic rings. The smallest absolute Gasteiger partial charge is 0.0991 e. The van der Waals surface area contributed by atoms with Crippen LogP contribution in [0.2, 0.25) is 0 Å². The highest BCUT2D eigenvalue weighted by molar-refractivity contribution is 7.26.